The van der Waals surface area contributed by atoms with Gasteiger partial charge in [-0.3, -0.25) is 0 Å². The summed E-state index contributed by atoms with van der Waals surface area (Å²) in [4.78, 5) is 14.4. The molecule has 1 aliphatic heterocycles. The summed E-state index contributed by atoms with van der Waals surface area (Å²) in [5.74, 6) is 0. The standard InChI is InChI=1S/C17H23F3N2O2S/c1-4-22(13-9-10-24-16(2,3)11-13)15(23)21-12-5-7-14(8-6-12)25-17(18,19)20/h5-8,13H,4,9-11H2,1-3H3,(H,21,23)/t13-/m0/s1. The smallest absolute Gasteiger partial charge is 0.375 e. The van der Waals surface area contributed by atoms with Gasteiger partial charge in [0.25, 0.3) is 0 Å². The van der Waals surface area contributed by atoms with Crippen LogP contribution in [0.15, 0.2) is 29.2 Å². The average molecular weight is 376 g/mol. The molecule has 2 rings (SSSR count). The van der Waals surface area contributed by atoms with Crippen molar-refractivity contribution in [3.05, 3.63) is 24.3 Å². The first-order valence-electron chi connectivity index (χ1n) is 8.17. The first-order chi connectivity index (χ1) is 11.6. The van der Waals surface area contributed by atoms with Crippen molar-refractivity contribution in [3.63, 3.8) is 0 Å². The average Bonchev–Trinajstić information content (AvgIpc) is 2.47. The molecule has 2 amide bonds. The number of alkyl halides is 3. The van der Waals surface area contributed by atoms with Crippen LogP contribution in [0.3, 0.4) is 0 Å². The largest absolute Gasteiger partial charge is 0.446 e. The van der Waals surface area contributed by atoms with Crippen molar-refractivity contribution >= 4 is 23.5 Å². The van der Waals surface area contributed by atoms with Crippen molar-refractivity contribution in [1.82, 2.24) is 4.90 Å². The summed E-state index contributed by atoms with van der Waals surface area (Å²) in [6.07, 6.45) is 1.52. The Kier molecular flexibility index (Phi) is 6.26. The van der Waals surface area contributed by atoms with Crippen molar-refractivity contribution in [2.45, 2.75) is 55.7 Å². The third-order valence-electron chi connectivity index (χ3n) is 4.05. The number of rotatable bonds is 4. The number of ether oxygens (including phenoxy) is 1. The second-order valence-electron chi connectivity index (χ2n) is 6.54. The number of nitrogens with zero attached hydrogens (tertiary/aromatic N) is 1. The van der Waals surface area contributed by atoms with E-state index in [1.54, 1.807) is 4.90 Å². The van der Waals surface area contributed by atoms with Crippen molar-refractivity contribution in [2.24, 2.45) is 0 Å². The van der Waals surface area contributed by atoms with Gasteiger partial charge in [-0.25, -0.2) is 4.79 Å². The Morgan fingerprint density at radius 3 is 2.52 bits per heavy atom. The molecule has 0 unspecified atom stereocenters. The number of hydrogen-bond acceptors (Lipinski definition) is 3. The molecule has 0 bridgehead atoms. The van der Waals surface area contributed by atoms with Gasteiger partial charge >= 0.3 is 11.5 Å². The molecule has 0 radical (unpaired) electrons. The summed E-state index contributed by atoms with van der Waals surface area (Å²) in [5, 5.41) is 2.76. The van der Waals surface area contributed by atoms with Gasteiger partial charge in [-0.05, 0) is 69.6 Å². The highest BCUT2D eigenvalue weighted by Crippen LogP contribution is 2.37. The van der Waals surface area contributed by atoms with Crippen LogP contribution in [-0.4, -0.2) is 41.2 Å². The molecule has 1 N–H and O–H groups in total. The van der Waals surface area contributed by atoms with Crippen LogP contribution in [0.2, 0.25) is 0 Å². The molecule has 0 saturated carbocycles. The fourth-order valence-corrected chi connectivity index (χ4v) is 3.51. The van der Waals surface area contributed by atoms with Gasteiger partial charge in [-0.1, -0.05) is 0 Å². The van der Waals surface area contributed by atoms with Crippen LogP contribution in [0.4, 0.5) is 23.7 Å². The maximum Gasteiger partial charge on any atom is 0.446 e. The molecular formula is C17H23F3N2O2S. The van der Waals surface area contributed by atoms with Gasteiger partial charge < -0.3 is 15.0 Å². The molecule has 8 heteroatoms. The van der Waals surface area contributed by atoms with Crippen LogP contribution in [-0.2, 0) is 4.74 Å². The lowest BCUT2D eigenvalue weighted by Gasteiger charge is -2.40. The van der Waals surface area contributed by atoms with E-state index < -0.39 is 5.51 Å². The SMILES string of the molecule is CCN(C(=O)Nc1ccc(SC(F)(F)F)cc1)[C@H]1CCOC(C)(C)C1. The molecule has 1 atom stereocenters. The predicted octanol–water partition coefficient (Wildman–Crippen LogP) is 5.11. The van der Waals surface area contributed by atoms with Crippen LogP contribution in [0, 0.1) is 0 Å². The van der Waals surface area contributed by atoms with Crippen molar-refractivity contribution in [2.75, 3.05) is 18.5 Å². The molecule has 1 aromatic carbocycles. The molecule has 0 spiro atoms. The first-order valence-corrected chi connectivity index (χ1v) is 8.99. The van der Waals surface area contributed by atoms with Crippen LogP contribution in [0.5, 0.6) is 0 Å². The Bertz CT molecular complexity index is 591. The summed E-state index contributed by atoms with van der Waals surface area (Å²) < 4.78 is 42.7. The molecule has 1 fully saturated rings. The highest BCUT2D eigenvalue weighted by atomic mass is 32.2. The summed E-state index contributed by atoms with van der Waals surface area (Å²) >= 11 is -0.175. The fourth-order valence-electron chi connectivity index (χ4n) is 2.97. The first kappa shape index (κ1) is 19.9. The lowest BCUT2D eigenvalue weighted by molar-refractivity contribution is -0.0758. The van der Waals surface area contributed by atoms with E-state index in [0.717, 1.165) is 12.8 Å². The second kappa shape index (κ2) is 7.86. The molecule has 1 saturated heterocycles. The van der Waals surface area contributed by atoms with Crippen LogP contribution in [0.25, 0.3) is 0 Å². The molecular weight excluding hydrogens is 353 g/mol. The third kappa shape index (κ3) is 6.11. The minimum Gasteiger partial charge on any atom is -0.375 e. The number of thioether (sulfide) groups is 1. The number of nitrogens with one attached hydrogen (secondary N) is 1. The molecule has 0 aromatic heterocycles. The molecule has 0 aliphatic carbocycles. The Morgan fingerprint density at radius 2 is 2.00 bits per heavy atom. The molecule has 140 valence electrons. The van der Waals surface area contributed by atoms with Gasteiger partial charge in [0.15, 0.2) is 0 Å². The monoisotopic (exact) mass is 376 g/mol. The van der Waals surface area contributed by atoms with E-state index in [4.69, 9.17) is 4.74 Å². The Hall–Kier alpha value is -1.41. The summed E-state index contributed by atoms with van der Waals surface area (Å²) in [5.41, 5.74) is -4.12. The van der Waals surface area contributed by atoms with E-state index >= 15 is 0 Å². The van der Waals surface area contributed by atoms with Gasteiger partial charge in [0.05, 0.1) is 5.60 Å². The maximum atomic E-state index is 12.6. The zero-order valence-corrected chi connectivity index (χ0v) is 15.3. The number of urea groups is 1. The number of hydrogen-bond donors (Lipinski definition) is 1. The van der Waals surface area contributed by atoms with Gasteiger partial charge in [-0.15, -0.1) is 0 Å². The van der Waals surface area contributed by atoms with Gasteiger partial charge in [0.1, 0.15) is 0 Å². The molecule has 25 heavy (non-hydrogen) atoms. The zero-order valence-electron chi connectivity index (χ0n) is 14.5. The van der Waals surface area contributed by atoms with E-state index in [-0.39, 0.29) is 34.3 Å². The fraction of sp³-hybridized carbons (Fsp3) is 0.588. The zero-order chi connectivity index (χ0) is 18.7. The Labute approximate surface area is 150 Å². The van der Waals surface area contributed by atoms with Gasteiger partial charge in [-0.2, -0.15) is 13.2 Å². The van der Waals surface area contributed by atoms with Crippen LogP contribution < -0.4 is 5.32 Å². The number of anilines is 1. The van der Waals surface area contributed by atoms with Gasteiger partial charge in [0.2, 0.25) is 0 Å². The Morgan fingerprint density at radius 1 is 1.36 bits per heavy atom. The molecule has 1 aromatic rings. The topological polar surface area (TPSA) is 41.6 Å². The summed E-state index contributed by atoms with van der Waals surface area (Å²) in [6, 6.07) is 5.49. The van der Waals surface area contributed by atoms with Crippen molar-refractivity contribution in [1.29, 1.82) is 0 Å². The Balaban J connectivity index is 1.99. The minimum absolute atomic E-state index is 0.0776. The minimum atomic E-state index is -4.32. The quantitative estimate of drug-likeness (QED) is 0.743. The van der Waals surface area contributed by atoms with E-state index in [2.05, 4.69) is 5.32 Å². The molecule has 1 heterocycles. The van der Waals surface area contributed by atoms with E-state index in [1.807, 2.05) is 20.8 Å². The molecule has 1 aliphatic rings. The normalized spacial score (nSPS) is 20.2. The van der Waals surface area contributed by atoms with Crippen molar-refractivity contribution < 1.29 is 22.7 Å². The number of amides is 2. The number of benzene rings is 1. The lowest BCUT2D eigenvalue weighted by Crippen LogP contribution is -2.49. The van der Waals surface area contributed by atoms with Gasteiger partial charge in [0, 0.05) is 29.8 Å². The van der Waals surface area contributed by atoms with Crippen LogP contribution in [0.1, 0.15) is 33.6 Å². The molecule has 4 nitrogen and oxygen atoms in total. The summed E-state index contributed by atoms with van der Waals surface area (Å²) in [7, 11) is 0. The highest BCUT2D eigenvalue weighted by Gasteiger charge is 2.34. The maximum absolute atomic E-state index is 12.6. The number of halogens is 3. The van der Waals surface area contributed by atoms with Crippen LogP contribution >= 0.6 is 11.8 Å². The van der Waals surface area contributed by atoms with Crippen molar-refractivity contribution in [3.8, 4) is 0 Å². The van der Waals surface area contributed by atoms with E-state index in [0.29, 0.717) is 18.8 Å². The second-order valence-corrected chi connectivity index (χ2v) is 7.68. The lowest BCUT2D eigenvalue weighted by atomic mass is 9.93. The number of carbonyl (C=O) groups is 1. The van der Waals surface area contributed by atoms with E-state index in [9.17, 15) is 18.0 Å². The van der Waals surface area contributed by atoms with E-state index in [1.165, 1.54) is 24.3 Å². The third-order valence-corrected chi connectivity index (χ3v) is 4.79. The number of carbonyl (C=O) groups excluding carboxylic acids is 1. The predicted molar refractivity (Wildman–Crippen MR) is 92.8 cm³/mol. The summed E-state index contributed by atoms with van der Waals surface area (Å²) in [6.45, 7) is 7.06. The highest BCUT2D eigenvalue weighted by molar-refractivity contribution is 8.00.